The van der Waals surface area contributed by atoms with Crippen LogP contribution in [0.5, 0.6) is 0 Å². The molecule has 4 nitrogen and oxygen atoms in total. The van der Waals surface area contributed by atoms with Crippen molar-refractivity contribution in [2.75, 3.05) is 7.11 Å². The van der Waals surface area contributed by atoms with Gasteiger partial charge in [-0.2, -0.15) is 0 Å². The highest BCUT2D eigenvalue weighted by Gasteiger charge is 2.40. The van der Waals surface area contributed by atoms with Crippen molar-refractivity contribution in [2.45, 2.75) is 122 Å². The second kappa shape index (κ2) is 15.8. The first-order valence-electron chi connectivity index (χ1n) is 11.8. The van der Waals surface area contributed by atoms with Gasteiger partial charge in [-0.25, -0.2) is 0 Å². The molecule has 176 valence electrons. The van der Waals surface area contributed by atoms with Crippen LogP contribution in [0.15, 0.2) is 24.3 Å². The van der Waals surface area contributed by atoms with E-state index in [1.165, 1.54) is 7.11 Å². The predicted octanol–water partition coefficient (Wildman–Crippen LogP) is 6.94. The second-order valence-electron chi connectivity index (χ2n) is 9.69. The fraction of sp³-hybridized carbons (Fsp3) is 0.800. The molecule has 0 rings (SSSR count). The molecule has 0 aromatic heterocycles. The molecule has 1 N–H and O–H groups in total. The van der Waals surface area contributed by atoms with Crippen LogP contribution in [0.1, 0.15) is 91.9 Å². The predicted molar refractivity (Wildman–Crippen MR) is 130 cm³/mol. The summed E-state index contributed by atoms with van der Waals surface area (Å²) in [5.41, 5.74) is 0. The maximum absolute atomic E-state index is 11.2. The molecule has 0 aliphatic carbocycles. The van der Waals surface area contributed by atoms with Crippen LogP contribution in [-0.2, 0) is 14.0 Å². The fourth-order valence-electron chi connectivity index (χ4n) is 2.96. The maximum atomic E-state index is 11.2. The number of methoxy groups -OCH3 is 1. The Morgan fingerprint density at radius 2 is 1.60 bits per heavy atom. The molecule has 0 amide bonds. The first-order valence-corrected chi connectivity index (χ1v) is 14.7. The molecule has 30 heavy (non-hydrogen) atoms. The Morgan fingerprint density at radius 3 is 2.20 bits per heavy atom. The van der Waals surface area contributed by atoms with Crippen LogP contribution < -0.4 is 0 Å². The SMILES string of the molecule is CCC=CCC=CCC(O)C(CCCCCCCC(=O)OC)O[Si](C)(C)C(C)(C)C. The number of carbonyl (C=O) groups is 1. The number of hydrogen-bond donors (Lipinski definition) is 1. The molecular weight excluding hydrogens is 392 g/mol. The molecule has 0 aromatic carbocycles. The average molecular weight is 441 g/mol. The van der Waals surface area contributed by atoms with E-state index in [1.54, 1.807) is 0 Å². The lowest BCUT2D eigenvalue weighted by Gasteiger charge is -2.40. The number of hydrogen-bond acceptors (Lipinski definition) is 4. The van der Waals surface area contributed by atoms with Crippen LogP contribution >= 0.6 is 0 Å². The monoisotopic (exact) mass is 440 g/mol. The van der Waals surface area contributed by atoms with Gasteiger partial charge in [-0.3, -0.25) is 4.79 Å². The minimum atomic E-state index is -1.94. The van der Waals surface area contributed by atoms with Crippen LogP contribution in [-0.4, -0.2) is 38.7 Å². The Morgan fingerprint density at radius 1 is 1.00 bits per heavy atom. The van der Waals surface area contributed by atoms with Crippen molar-refractivity contribution >= 4 is 14.3 Å². The number of rotatable bonds is 16. The molecule has 0 saturated carbocycles. The van der Waals surface area contributed by atoms with Gasteiger partial charge in [-0.15, -0.1) is 0 Å². The summed E-state index contributed by atoms with van der Waals surface area (Å²) in [5.74, 6) is -0.126. The first kappa shape index (κ1) is 29.1. The van der Waals surface area contributed by atoms with Crippen molar-refractivity contribution in [1.29, 1.82) is 0 Å². The van der Waals surface area contributed by atoms with Crippen LogP contribution in [0.25, 0.3) is 0 Å². The van der Waals surface area contributed by atoms with Gasteiger partial charge in [0.25, 0.3) is 0 Å². The Labute approximate surface area is 187 Å². The number of allylic oxidation sites excluding steroid dienone is 3. The van der Waals surface area contributed by atoms with Crippen LogP contribution in [0.2, 0.25) is 18.1 Å². The molecular formula is C25H48O4Si. The molecule has 2 atom stereocenters. The quantitative estimate of drug-likeness (QED) is 0.122. The largest absolute Gasteiger partial charge is 0.469 e. The van der Waals surface area contributed by atoms with Gasteiger partial charge in [0.1, 0.15) is 0 Å². The van der Waals surface area contributed by atoms with Gasteiger partial charge in [-0.05, 0) is 50.2 Å². The van der Waals surface area contributed by atoms with E-state index in [4.69, 9.17) is 4.43 Å². The lowest BCUT2D eigenvalue weighted by molar-refractivity contribution is -0.140. The third-order valence-corrected chi connectivity index (χ3v) is 10.5. The van der Waals surface area contributed by atoms with E-state index in [0.717, 1.165) is 51.4 Å². The second-order valence-corrected chi connectivity index (χ2v) is 14.4. The lowest BCUT2D eigenvalue weighted by atomic mass is 10.0. The summed E-state index contributed by atoms with van der Waals surface area (Å²) in [4.78, 5) is 11.2. The molecule has 0 radical (unpaired) electrons. The lowest BCUT2D eigenvalue weighted by Crippen LogP contribution is -2.47. The van der Waals surface area contributed by atoms with Crippen molar-refractivity contribution in [3.8, 4) is 0 Å². The highest BCUT2D eigenvalue weighted by molar-refractivity contribution is 6.74. The normalized spacial score (nSPS) is 15.1. The van der Waals surface area contributed by atoms with Crippen molar-refractivity contribution < 1.29 is 19.1 Å². The molecule has 0 aliphatic rings. The highest BCUT2D eigenvalue weighted by Crippen LogP contribution is 2.38. The first-order chi connectivity index (χ1) is 14.0. The van der Waals surface area contributed by atoms with Crippen LogP contribution in [0.3, 0.4) is 0 Å². The number of aliphatic hydroxyl groups excluding tert-OH is 1. The van der Waals surface area contributed by atoms with Gasteiger partial charge in [0.15, 0.2) is 8.32 Å². The summed E-state index contributed by atoms with van der Waals surface area (Å²) in [5, 5.41) is 11.0. The number of unbranched alkanes of at least 4 members (excludes halogenated alkanes) is 4. The van der Waals surface area contributed by atoms with Gasteiger partial charge in [-0.1, -0.05) is 77.7 Å². The van der Waals surface area contributed by atoms with Gasteiger partial charge in [0.2, 0.25) is 0 Å². The number of ether oxygens (including phenoxy) is 1. The Hall–Kier alpha value is -0.913. The van der Waals surface area contributed by atoms with E-state index >= 15 is 0 Å². The zero-order valence-corrected chi connectivity index (χ0v) is 21.7. The molecule has 0 spiro atoms. The Balaban J connectivity index is 4.61. The van der Waals surface area contributed by atoms with Gasteiger partial charge < -0.3 is 14.3 Å². The van der Waals surface area contributed by atoms with Crippen molar-refractivity contribution in [1.82, 2.24) is 0 Å². The summed E-state index contributed by atoms with van der Waals surface area (Å²) in [6.45, 7) is 13.4. The molecule has 2 unspecified atom stereocenters. The van der Waals surface area contributed by atoms with Gasteiger partial charge >= 0.3 is 5.97 Å². The van der Waals surface area contributed by atoms with E-state index in [-0.39, 0.29) is 17.1 Å². The van der Waals surface area contributed by atoms with Crippen molar-refractivity contribution in [3.05, 3.63) is 24.3 Å². The van der Waals surface area contributed by atoms with E-state index in [0.29, 0.717) is 12.8 Å². The van der Waals surface area contributed by atoms with Crippen LogP contribution in [0.4, 0.5) is 0 Å². The molecule has 0 aliphatic heterocycles. The molecule has 0 fully saturated rings. The summed E-state index contributed by atoms with van der Waals surface area (Å²) < 4.78 is 11.3. The third kappa shape index (κ3) is 13.4. The zero-order chi connectivity index (χ0) is 23.0. The zero-order valence-electron chi connectivity index (χ0n) is 20.7. The number of carbonyl (C=O) groups excluding carboxylic acids is 1. The Kier molecular flexibility index (Phi) is 15.3. The van der Waals surface area contributed by atoms with E-state index < -0.39 is 14.4 Å². The number of aliphatic hydroxyl groups is 1. The minimum absolute atomic E-state index is 0.114. The summed E-state index contributed by atoms with van der Waals surface area (Å²) >= 11 is 0. The topological polar surface area (TPSA) is 55.8 Å². The number of esters is 1. The molecule has 0 saturated heterocycles. The standard InChI is InChI=1S/C25H48O4Si/c1-8-9-10-11-13-16-19-22(26)23(29-30(6,7)25(2,3)4)20-17-14-12-15-18-21-24(27)28-5/h9-10,13,16,22-23,26H,8,11-12,14-15,17-21H2,1-7H3. The molecule has 0 heterocycles. The molecule has 0 bridgehead atoms. The summed E-state index contributed by atoms with van der Waals surface area (Å²) in [7, 11) is -0.503. The third-order valence-electron chi connectivity index (χ3n) is 6.00. The summed E-state index contributed by atoms with van der Waals surface area (Å²) in [6.07, 6.45) is 17.1. The summed E-state index contributed by atoms with van der Waals surface area (Å²) in [6, 6.07) is 0. The smallest absolute Gasteiger partial charge is 0.305 e. The molecule has 0 aromatic rings. The van der Waals surface area contributed by atoms with Crippen LogP contribution in [0, 0.1) is 0 Å². The highest BCUT2D eigenvalue weighted by atomic mass is 28.4. The Bertz CT molecular complexity index is 506. The fourth-order valence-corrected chi connectivity index (χ4v) is 4.34. The van der Waals surface area contributed by atoms with Crippen molar-refractivity contribution in [3.63, 3.8) is 0 Å². The van der Waals surface area contributed by atoms with Gasteiger partial charge in [0, 0.05) is 6.42 Å². The maximum Gasteiger partial charge on any atom is 0.305 e. The van der Waals surface area contributed by atoms with E-state index in [2.05, 4.69) is 69.8 Å². The average Bonchev–Trinajstić information content (AvgIpc) is 2.67. The van der Waals surface area contributed by atoms with E-state index in [9.17, 15) is 9.90 Å². The van der Waals surface area contributed by atoms with Crippen molar-refractivity contribution in [2.24, 2.45) is 0 Å². The molecule has 5 heteroatoms. The van der Waals surface area contributed by atoms with Gasteiger partial charge in [0.05, 0.1) is 19.3 Å². The minimum Gasteiger partial charge on any atom is -0.469 e. The van der Waals surface area contributed by atoms with E-state index in [1.807, 2.05) is 0 Å².